The number of ether oxygens (including phenoxy) is 1. The molecule has 1 fully saturated rings. The number of furan rings is 1. The number of pyridine rings is 1. The lowest BCUT2D eigenvalue weighted by Crippen LogP contribution is -2.29. The van der Waals surface area contributed by atoms with Crippen molar-refractivity contribution >= 4 is 46.2 Å². The second-order valence-corrected chi connectivity index (χ2v) is 8.73. The highest BCUT2D eigenvalue weighted by atomic mass is 35.5. The monoisotopic (exact) mass is 495 g/mol. The zero-order valence-electron chi connectivity index (χ0n) is 17.5. The summed E-state index contributed by atoms with van der Waals surface area (Å²) in [4.78, 5) is 6.61. The van der Waals surface area contributed by atoms with Gasteiger partial charge in [0, 0.05) is 23.5 Å². The van der Waals surface area contributed by atoms with E-state index < -0.39 is 0 Å². The molecule has 2 aromatic heterocycles. The molecule has 33 heavy (non-hydrogen) atoms. The molecule has 4 aromatic rings. The molecule has 1 aliphatic heterocycles. The van der Waals surface area contributed by atoms with Gasteiger partial charge in [0.15, 0.2) is 5.11 Å². The summed E-state index contributed by atoms with van der Waals surface area (Å²) in [5.41, 5.74) is 2.59. The van der Waals surface area contributed by atoms with Gasteiger partial charge >= 0.3 is 0 Å². The number of hydrogen-bond donors (Lipinski definition) is 1. The molecule has 0 saturated carbocycles. The van der Waals surface area contributed by atoms with Crippen molar-refractivity contribution in [1.29, 1.82) is 0 Å². The van der Waals surface area contributed by atoms with Crippen LogP contribution in [0.4, 0.5) is 5.69 Å². The van der Waals surface area contributed by atoms with Crippen molar-refractivity contribution in [2.45, 2.75) is 12.1 Å². The zero-order valence-corrected chi connectivity index (χ0v) is 19.9. The predicted octanol–water partition coefficient (Wildman–Crippen LogP) is 6.83. The van der Waals surface area contributed by atoms with Gasteiger partial charge in [0.1, 0.15) is 23.3 Å². The van der Waals surface area contributed by atoms with Gasteiger partial charge in [0.05, 0.1) is 28.9 Å². The number of aromatic nitrogens is 1. The van der Waals surface area contributed by atoms with Gasteiger partial charge in [-0.2, -0.15) is 0 Å². The molecule has 1 saturated heterocycles. The molecule has 0 radical (unpaired) electrons. The van der Waals surface area contributed by atoms with Crippen LogP contribution in [-0.4, -0.2) is 17.2 Å². The van der Waals surface area contributed by atoms with Gasteiger partial charge in [-0.25, -0.2) is 0 Å². The molecule has 5 nitrogen and oxygen atoms in total. The van der Waals surface area contributed by atoms with Gasteiger partial charge in [-0.3, -0.25) is 4.98 Å². The summed E-state index contributed by atoms with van der Waals surface area (Å²) in [5, 5.41) is 4.98. The number of nitrogens with zero attached hydrogens (tertiary/aromatic N) is 2. The van der Waals surface area contributed by atoms with E-state index in [0.717, 1.165) is 28.5 Å². The Bertz CT molecular complexity index is 1310. The first kappa shape index (κ1) is 21.8. The van der Waals surface area contributed by atoms with Crippen LogP contribution in [0, 0.1) is 0 Å². The first-order valence-corrected chi connectivity index (χ1v) is 11.4. The third-order valence-corrected chi connectivity index (χ3v) is 6.61. The highest BCUT2D eigenvalue weighted by Gasteiger charge is 2.42. The minimum atomic E-state index is -0.268. The van der Waals surface area contributed by atoms with E-state index in [1.165, 1.54) is 0 Å². The molecule has 166 valence electrons. The van der Waals surface area contributed by atoms with Gasteiger partial charge in [0.25, 0.3) is 0 Å². The van der Waals surface area contributed by atoms with Crippen LogP contribution in [0.5, 0.6) is 5.75 Å². The minimum absolute atomic E-state index is 0.210. The Morgan fingerprint density at radius 3 is 2.64 bits per heavy atom. The average molecular weight is 496 g/mol. The van der Waals surface area contributed by atoms with Crippen LogP contribution in [0.2, 0.25) is 10.0 Å². The van der Waals surface area contributed by atoms with E-state index in [9.17, 15) is 0 Å². The average Bonchev–Trinajstić information content (AvgIpc) is 3.46. The Morgan fingerprint density at radius 2 is 1.88 bits per heavy atom. The molecule has 2 atom stereocenters. The molecule has 8 heteroatoms. The topological polar surface area (TPSA) is 50.5 Å². The van der Waals surface area contributed by atoms with Gasteiger partial charge in [-0.15, -0.1) is 0 Å². The van der Waals surface area contributed by atoms with Gasteiger partial charge in [-0.05, 0) is 66.8 Å². The molecular formula is C25H19Cl2N3O2S. The van der Waals surface area contributed by atoms with Crippen molar-refractivity contribution in [3.63, 3.8) is 0 Å². The fraction of sp³-hybridized carbons (Fsp3) is 0.120. The highest BCUT2D eigenvalue weighted by molar-refractivity contribution is 7.80. The number of anilines is 1. The predicted molar refractivity (Wildman–Crippen MR) is 135 cm³/mol. The van der Waals surface area contributed by atoms with Gasteiger partial charge in [-0.1, -0.05) is 35.3 Å². The molecule has 1 aliphatic rings. The Labute approximate surface area is 206 Å². The molecule has 1 N–H and O–H groups in total. The first-order chi connectivity index (χ1) is 16.0. The number of halogens is 2. The molecule has 0 bridgehead atoms. The lowest BCUT2D eigenvalue weighted by molar-refractivity contribution is 0.414. The van der Waals surface area contributed by atoms with Crippen LogP contribution in [0.1, 0.15) is 23.5 Å². The van der Waals surface area contributed by atoms with E-state index in [2.05, 4.69) is 10.3 Å². The minimum Gasteiger partial charge on any atom is -0.497 e. The summed E-state index contributed by atoms with van der Waals surface area (Å²) in [5.74, 6) is 2.17. The van der Waals surface area contributed by atoms with Crippen LogP contribution in [-0.2, 0) is 0 Å². The molecule has 3 heterocycles. The molecule has 0 amide bonds. The Hall–Kier alpha value is -3.06. The first-order valence-electron chi connectivity index (χ1n) is 10.2. The van der Waals surface area contributed by atoms with Gasteiger partial charge < -0.3 is 19.4 Å². The largest absolute Gasteiger partial charge is 0.497 e. The highest BCUT2D eigenvalue weighted by Crippen LogP contribution is 2.43. The van der Waals surface area contributed by atoms with Crippen LogP contribution in [0.25, 0.3) is 11.3 Å². The quantitative estimate of drug-likeness (QED) is 0.306. The maximum Gasteiger partial charge on any atom is 0.174 e. The molecule has 0 aliphatic carbocycles. The summed E-state index contributed by atoms with van der Waals surface area (Å²) < 4.78 is 11.8. The summed E-state index contributed by atoms with van der Waals surface area (Å²) in [6.45, 7) is 0. The number of hydrogen-bond acceptors (Lipinski definition) is 4. The third-order valence-electron chi connectivity index (χ3n) is 5.55. The maximum absolute atomic E-state index is 6.35. The SMILES string of the molecule is COc1cccc(N2C(=S)N[C@@H](c3ccccn3)[C@H]2c2ccc(-c3ccc(Cl)c(Cl)c3)o2)c1. The van der Waals surface area contributed by atoms with Crippen molar-refractivity contribution in [2.75, 3.05) is 12.0 Å². The van der Waals surface area contributed by atoms with Crippen LogP contribution in [0.3, 0.4) is 0 Å². The van der Waals surface area contributed by atoms with Crippen molar-refractivity contribution in [2.24, 2.45) is 0 Å². The number of methoxy groups -OCH3 is 1. The number of benzene rings is 2. The number of nitrogens with one attached hydrogen (secondary N) is 1. The summed E-state index contributed by atoms with van der Waals surface area (Å²) in [7, 11) is 1.64. The van der Waals surface area contributed by atoms with E-state index >= 15 is 0 Å². The second kappa shape index (κ2) is 9.06. The fourth-order valence-corrected chi connectivity index (χ4v) is 4.64. The van der Waals surface area contributed by atoms with Crippen molar-refractivity contribution in [3.05, 3.63) is 100 Å². The van der Waals surface area contributed by atoms with Crippen LogP contribution in [0.15, 0.2) is 83.4 Å². The Morgan fingerprint density at radius 1 is 1.00 bits per heavy atom. The van der Waals surface area contributed by atoms with Gasteiger partial charge in [0.2, 0.25) is 0 Å². The molecule has 0 spiro atoms. The summed E-state index contributed by atoms with van der Waals surface area (Å²) in [6.07, 6.45) is 1.77. The maximum atomic E-state index is 6.35. The molecule has 2 aromatic carbocycles. The lowest BCUT2D eigenvalue weighted by Gasteiger charge is -2.26. The Balaban J connectivity index is 1.60. The van der Waals surface area contributed by atoms with E-state index in [-0.39, 0.29) is 12.1 Å². The van der Waals surface area contributed by atoms with E-state index in [1.54, 1.807) is 25.4 Å². The van der Waals surface area contributed by atoms with E-state index in [4.69, 9.17) is 44.6 Å². The molecule has 0 unspecified atom stereocenters. The van der Waals surface area contributed by atoms with Crippen LogP contribution < -0.4 is 15.0 Å². The molecule has 5 rings (SSSR count). The zero-order chi connectivity index (χ0) is 22.9. The summed E-state index contributed by atoms with van der Waals surface area (Å²) in [6, 6.07) is 22.4. The summed E-state index contributed by atoms with van der Waals surface area (Å²) >= 11 is 18.1. The molecular weight excluding hydrogens is 477 g/mol. The number of rotatable bonds is 5. The smallest absolute Gasteiger partial charge is 0.174 e. The number of thiocarbonyl (C=S) groups is 1. The second-order valence-electron chi connectivity index (χ2n) is 7.53. The normalized spacial score (nSPS) is 17.8. The van der Waals surface area contributed by atoms with Crippen LogP contribution >= 0.6 is 35.4 Å². The van der Waals surface area contributed by atoms with E-state index in [1.807, 2.05) is 65.6 Å². The Kier molecular flexibility index (Phi) is 5.98. The van der Waals surface area contributed by atoms with E-state index in [0.29, 0.717) is 20.9 Å². The van der Waals surface area contributed by atoms with Crippen molar-refractivity contribution in [1.82, 2.24) is 10.3 Å². The van der Waals surface area contributed by atoms with Crippen molar-refractivity contribution < 1.29 is 9.15 Å². The fourth-order valence-electron chi connectivity index (χ4n) is 4.00. The lowest BCUT2D eigenvalue weighted by atomic mass is 10.0. The standard InChI is InChI=1S/C25H19Cl2N3O2S/c1-31-17-6-4-5-16(14-17)30-24(23(29-25(30)33)20-7-2-3-12-28-20)22-11-10-21(32-22)15-8-9-18(26)19(27)13-15/h2-14,23-24H,1H3,(H,29,33)/t23-,24+/m0/s1. The van der Waals surface area contributed by atoms with Crippen molar-refractivity contribution in [3.8, 4) is 17.1 Å². The third kappa shape index (κ3) is 4.17.